The third-order valence-electron chi connectivity index (χ3n) is 2.19. The zero-order valence-electron chi connectivity index (χ0n) is 9.67. The van der Waals surface area contributed by atoms with E-state index in [1.54, 1.807) is 18.6 Å². The Bertz CT molecular complexity index is 452. The molecule has 0 amide bonds. The van der Waals surface area contributed by atoms with Crippen LogP contribution in [0.1, 0.15) is 6.92 Å². The molecular weight excluding hydrogens is 214 g/mol. The molecule has 2 heterocycles. The molecule has 0 radical (unpaired) electrons. The zero-order valence-corrected chi connectivity index (χ0v) is 9.67. The van der Waals surface area contributed by atoms with E-state index in [4.69, 9.17) is 5.73 Å². The van der Waals surface area contributed by atoms with Crippen LogP contribution in [0.15, 0.2) is 36.8 Å². The van der Waals surface area contributed by atoms with Gasteiger partial charge in [-0.2, -0.15) is 0 Å². The first-order valence-electron chi connectivity index (χ1n) is 5.48. The molecule has 2 aromatic heterocycles. The Morgan fingerprint density at radius 3 is 2.59 bits per heavy atom. The molecule has 0 aliphatic rings. The Morgan fingerprint density at radius 1 is 1.24 bits per heavy atom. The first-order chi connectivity index (χ1) is 8.25. The minimum absolute atomic E-state index is 0.0778. The van der Waals surface area contributed by atoms with Gasteiger partial charge in [0.05, 0.1) is 5.69 Å². The third kappa shape index (κ3) is 3.22. The topological polar surface area (TPSA) is 76.7 Å². The average molecular weight is 229 g/mol. The van der Waals surface area contributed by atoms with Crippen molar-refractivity contribution >= 4 is 5.95 Å². The molecule has 1 unspecified atom stereocenters. The summed E-state index contributed by atoms with van der Waals surface area (Å²) in [6.07, 6.45) is 5.25. The third-order valence-corrected chi connectivity index (χ3v) is 2.19. The van der Waals surface area contributed by atoms with Crippen LogP contribution in [0.5, 0.6) is 0 Å². The van der Waals surface area contributed by atoms with Crippen LogP contribution in [0.3, 0.4) is 0 Å². The van der Waals surface area contributed by atoms with Crippen molar-refractivity contribution in [1.29, 1.82) is 0 Å². The average Bonchev–Trinajstić information content (AvgIpc) is 2.38. The lowest BCUT2D eigenvalue weighted by Gasteiger charge is -2.07. The second-order valence-corrected chi connectivity index (χ2v) is 3.87. The Kier molecular flexibility index (Phi) is 3.62. The lowest BCUT2D eigenvalue weighted by Crippen LogP contribution is -2.25. The van der Waals surface area contributed by atoms with Gasteiger partial charge in [-0.3, -0.25) is 4.98 Å². The summed E-state index contributed by atoms with van der Waals surface area (Å²) in [6, 6.07) is 5.82. The van der Waals surface area contributed by atoms with Crippen LogP contribution in [-0.4, -0.2) is 27.5 Å². The van der Waals surface area contributed by atoms with Crippen LogP contribution in [0.4, 0.5) is 5.95 Å². The van der Waals surface area contributed by atoms with Gasteiger partial charge in [0.15, 0.2) is 0 Å². The number of rotatable bonds is 4. The number of aromatic nitrogens is 3. The van der Waals surface area contributed by atoms with Gasteiger partial charge in [-0.05, 0) is 19.1 Å². The van der Waals surface area contributed by atoms with Crippen LogP contribution in [0, 0.1) is 0 Å². The SMILES string of the molecule is CC(N)CNc1ncc(-c2ccccn2)cn1. The Balaban J connectivity index is 2.08. The molecule has 0 fully saturated rings. The van der Waals surface area contributed by atoms with Gasteiger partial charge < -0.3 is 11.1 Å². The summed E-state index contributed by atoms with van der Waals surface area (Å²) in [5.74, 6) is 0.585. The lowest BCUT2D eigenvalue weighted by atomic mass is 10.2. The summed E-state index contributed by atoms with van der Waals surface area (Å²) in [4.78, 5) is 12.7. The quantitative estimate of drug-likeness (QED) is 0.826. The fraction of sp³-hybridized carbons (Fsp3) is 0.250. The van der Waals surface area contributed by atoms with Gasteiger partial charge in [-0.1, -0.05) is 6.07 Å². The van der Waals surface area contributed by atoms with E-state index in [1.165, 1.54) is 0 Å². The van der Waals surface area contributed by atoms with Crippen molar-refractivity contribution in [3.05, 3.63) is 36.8 Å². The predicted octanol–water partition coefficient (Wildman–Crippen LogP) is 1.30. The van der Waals surface area contributed by atoms with Crippen molar-refractivity contribution in [2.45, 2.75) is 13.0 Å². The minimum atomic E-state index is 0.0778. The Labute approximate surface area is 100 Å². The van der Waals surface area contributed by atoms with E-state index in [9.17, 15) is 0 Å². The highest BCUT2D eigenvalue weighted by molar-refractivity contribution is 5.56. The van der Waals surface area contributed by atoms with Crippen molar-refractivity contribution in [1.82, 2.24) is 15.0 Å². The molecule has 2 aromatic rings. The van der Waals surface area contributed by atoms with Crippen molar-refractivity contribution < 1.29 is 0 Å². The van der Waals surface area contributed by atoms with Gasteiger partial charge in [0.25, 0.3) is 0 Å². The normalized spacial score (nSPS) is 12.1. The van der Waals surface area contributed by atoms with E-state index >= 15 is 0 Å². The van der Waals surface area contributed by atoms with Crippen LogP contribution in [0.2, 0.25) is 0 Å². The summed E-state index contributed by atoms with van der Waals surface area (Å²) in [7, 11) is 0. The number of hydrogen-bond donors (Lipinski definition) is 2. The summed E-state index contributed by atoms with van der Waals surface area (Å²) >= 11 is 0. The molecule has 3 N–H and O–H groups in total. The smallest absolute Gasteiger partial charge is 0.222 e. The summed E-state index contributed by atoms with van der Waals surface area (Å²) < 4.78 is 0. The lowest BCUT2D eigenvalue weighted by molar-refractivity contribution is 0.773. The second-order valence-electron chi connectivity index (χ2n) is 3.87. The van der Waals surface area contributed by atoms with Gasteiger partial charge in [-0.15, -0.1) is 0 Å². The summed E-state index contributed by atoms with van der Waals surface area (Å²) in [5.41, 5.74) is 7.40. The van der Waals surface area contributed by atoms with Crippen LogP contribution in [0.25, 0.3) is 11.3 Å². The molecule has 5 nitrogen and oxygen atoms in total. The monoisotopic (exact) mass is 229 g/mol. The van der Waals surface area contributed by atoms with Crippen LogP contribution < -0.4 is 11.1 Å². The Morgan fingerprint density at radius 2 is 2.00 bits per heavy atom. The van der Waals surface area contributed by atoms with Crippen molar-refractivity contribution in [2.24, 2.45) is 5.73 Å². The number of anilines is 1. The molecule has 1 atom stereocenters. The van der Waals surface area contributed by atoms with Gasteiger partial charge in [0.1, 0.15) is 0 Å². The van der Waals surface area contributed by atoms with E-state index in [1.807, 2.05) is 25.1 Å². The number of nitrogens with zero attached hydrogens (tertiary/aromatic N) is 3. The van der Waals surface area contributed by atoms with Crippen molar-refractivity contribution in [3.63, 3.8) is 0 Å². The van der Waals surface area contributed by atoms with Gasteiger partial charge in [0, 0.05) is 36.7 Å². The minimum Gasteiger partial charge on any atom is -0.353 e. The van der Waals surface area contributed by atoms with Gasteiger partial charge >= 0.3 is 0 Å². The highest BCUT2D eigenvalue weighted by Crippen LogP contribution is 2.14. The molecule has 0 aliphatic carbocycles. The van der Waals surface area contributed by atoms with E-state index < -0.39 is 0 Å². The standard InChI is InChI=1S/C12H15N5/c1-9(13)6-15-12-16-7-10(8-17-12)11-4-2-3-5-14-11/h2-5,7-9H,6,13H2,1H3,(H,15,16,17). The molecule has 0 aromatic carbocycles. The van der Waals surface area contributed by atoms with Crippen molar-refractivity contribution in [3.8, 4) is 11.3 Å². The molecular formula is C12H15N5. The predicted molar refractivity (Wildman–Crippen MR) is 67.4 cm³/mol. The summed E-state index contributed by atoms with van der Waals surface area (Å²) in [5, 5.41) is 3.06. The molecule has 0 saturated heterocycles. The zero-order chi connectivity index (χ0) is 12.1. The van der Waals surface area contributed by atoms with Crippen LogP contribution in [-0.2, 0) is 0 Å². The molecule has 0 spiro atoms. The number of nitrogens with two attached hydrogens (primary N) is 1. The molecule has 5 heteroatoms. The highest BCUT2D eigenvalue weighted by Gasteiger charge is 2.01. The van der Waals surface area contributed by atoms with Crippen molar-refractivity contribution in [2.75, 3.05) is 11.9 Å². The summed E-state index contributed by atoms with van der Waals surface area (Å²) in [6.45, 7) is 2.58. The van der Waals surface area contributed by atoms with E-state index in [0.717, 1.165) is 11.3 Å². The van der Waals surface area contributed by atoms with E-state index in [2.05, 4.69) is 20.3 Å². The first-order valence-corrected chi connectivity index (χ1v) is 5.48. The maximum absolute atomic E-state index is 5.63. The van der Waals surface area contributed by atoms with E-state index in [0.29, 0.717) is 12.5 Å². The highest BCUT2D eigenvalue weighted by atomic mass is 15.1. The molecule has 2 rings (SSSR count). The number of pyridine rings is 1. The second kappa shape index (κ2) is 5.36. The maximum atomic E-state index is 5.63. The molecule has 17 heavy (non-hydrogen) atoms. The maximum Gasteiger partial charge on any atom is 0.222 e. The Hall–Kier alpha value is -2.01. The molecule has 0 aliphatic heterocycles. The van der Waals surface area contributed by atoms with Gasteiger partial charge in [-0.25, -0.2) is 9.97 Å². The molecule has 0 bridgehead atoms. The largest absolute Gasteiger partial charge is 0.353 e. The number of hydrogen-bond acceptors (Lipinski definition) is 5. The molecule has 0 saturated carbocycles. The molecule has 88 valence electrons. The number of nitrogens with one attached hydrogen (secondary N) is 1. The van der Waals surface area contributed by atoms with Gasteiger partial charge in [0.2, 0.25) is 5.95 Å². The first kappa shape index (κ1) is 11.5. The fourth-order valence-electron chi connectivity index (χ4n) is 1.34. The van der Waals surface area contributed by atoms with Crippen LogP contribution >= 0.6 is 0 Å². The van der Waals surface area contributed by atoms with E-state index in [-0.39, 0.29) is 6.04 Å². The fourth-order valence-corrected chi connectivity index (χ4v) is 1.34.